The van der Waals surface area contributed by atoms with Crippen molar-refractivity contribution in [2.45, 2.75) is 11.2 Å². The molecule has 0 aromatic heterocycles. The molecule has 5 heteroatoms. The van der Waals surface area contributed by atoms with Crippen LogP contribution in [0.15, 0.2) is 22.7 Å². The van der Waals surface area contributed by atoms with Gasteiger partial charge >= 0.3 is 0 Å². The lowest BCUT2D eigenvalue weighted by molar-refractivity contribution is 0.0792. The second kappa shape index (κ2) is 5.07. The number of nitrogens with zero attached hydrogens (tertiary/aromatic N) is 1. The molecule has 1 amide bonds. The van der Waals surface area contributed by atoms with Crippen molar-refractivity contribution in [3.63, 3.8) is 0 Å². The van der Waals surface area contributed by atoms with Gasteiger partial charge in [-0.05, 0) is 40.5 Å². The van der Waals surface area contributed by atoms with Crippen molar-refractivity contribution in [3.8, 4) is 0 Å². The van der Waals surface area contributed by atoms with Gasteiger partial charge in [-0.15, -0.1) is 0 Å². The zero-order valence-electron chi connectivity index (χ0n) is 8.42. The van der Waals surface area contributed by atoms with E-state index in [0.29, 0.717) is 15.4 Å². The standard InChI is InChI=1S/C11H10Br2ClNO/c12-7-3-4-15(6-7)11(16)9-2-1-8(14)5-10(9)13/h1-2,5,7H,3-4,6H2. The Hall–Kier alpha value is -0.0600. The molecule has 1 unspecified atom stereocenters. The van der Waals surface area contributed by atoms with Gasteiger partial charge in [-0.25, -0.2) is 0 Å². The van der Waals surface area contributed by atoms with E-state index in [2.05, 4.69) is 31.9 Å². The van der Waals surface area contributed by atoms with Gasteiger partial charge in [-0.3, -0.25) is 4.79 Å². The molecule has 1 aromatic rings. The summed E-state index contributed by atoms with van der Waals surface area (Å²) in [4.78, 5) is 14.4. The molecular formula is C11H10Br2ClNO. The van der Waals surface area contributed by atoms with Crippen LogP contribution < -0.4 is 0 Å². The van der Waals surface area contributed by atoms with Crippen molar-refractivity contribution >= 4 is 49.4 Å². The van der Waals surface area contributed by atoms with Gasteiger partial charge in [0.15, 0.2) is 0 Å². The van der Waals surface area contributed by atoms with Crippen LogP contribution in [0.1, 0.15) is 16.8 Å². The number of likely N-dealkylation sites (tertiary alicyclic amines) is 1. The molecule has 2 nitrogen and oxygen atoms in total. The van der Waals surface area contributed by atoms with Crippen LogP contribution in [0.3, 0.4) is 0 Å². The smallest absolute Gasteiger partial charge is 0.255 e. The Morgan fingerprint density at radius 2 is 2.25 bits per heavy atom. The molecule has 0 spiro atoms. The molecule has 1 aliphatic heterocycles. The van der Waals surface area contributed by atoms with Crippen molar-refractivity contribution in [1.29, 1.82) is 0 Å². The Bertz CT molecular complexity index is 424. The highest BCUT2D eigenvalue weighted by Gasteiger charge is 2.26. The van der Waals surface area contributed by atoms with Crippen molar-refractivity contribution < 1.29 is 4.79 Å². The highest BCUT2D eigenvalue weighted by Crippen LogP contribution is 2.25. The fourth-order valence-corrected chi connectivity index (χ4v) is 3.14. The lowest BCUT2D eigenvalue weighted by atomic mass is 10.2. The molecule has 1 heterocycles. The summed E-state index contributed by atoms with van der Waals surface area (Å²) < 4.78 is 0.753. The molecule has 1 atom stereocenters. The zero-order valence-corrected chi connectivity index (χ0v) is 12.3. The average molecular weight is 367 g/mol. The van der Waals surface area contributed by atoms with Crippen molar-refractivity contribution in [3.05, 3.63) is 33.3 Å². The summed E-state index contributed by atoms with van der Waals surface area (Å²) in [6, 6.07) is 5.24. The predicted octanol–water partition coefficient (Wildman–Crippen LogP) is 3.71. The van der Waals surface area contributed by atoms with E-state index < -0.39 is 0 Å². The predicted molar refractivity (Wildman–Crippen MR) is 72.4 cm³/mol. The van der Waals surface area contributed by atoms with Gasteiger partial charge in [0.2, 0.25) is 0 Å². The van der Waals surface area contributed by atoms with Gasteiger partial charge in [0.25, 0.3) is 5.91 Å². The number of carbonyl (C=O) groups excluding carboxylic acids is 1. The van der Waals surface area contributed by atoms with Crippen LogP contribution in [0.2, 0.25) is 5.02 Å². The van der Waals surface area contributed by atoms with Gasteiger partial charge in [0.1, 0.15) is 0 Å². The maximum atomic E-state index is 12.2. The first-order valence-electron chi connectivity index (χ1n) is 4.96. The summed E-state index contributed by atoms with van der Waals surface area (Å²) in [5.74, 6) is 0.0606. The topological polar surface area (TPSA) is 20.3 Å². The minimum absolute atomic E-state index is 0.0606. The molecule has 16 heavy (non-hydrogen) atoms. The van der Waals surface area contributed by atoms with Gasteiger partial charge in [0.05, 0.1) is 5.56 Å². The van der Waals surface area contributed by atoms with Gasteiger partial charge in [-0.1, -0.05) is 27.5 Å². The van der Waals surface area contributed by atoms with Crippen LogP contribution in [0, 0.1) is 0 Å². The molecule has 1 fully saturated rings. The second-order valence-electron chi connectivity index (χ2n) is 3.76. The first kappa shape index (κ1) is 12.4. The molecule has 0 aliphatic carbocycles. The molecule has 0 radical (unpaired) electrons. The minimum Gasteiger partial charge on any atom is -0.337 e. The van der Waals surface area contributed by atoms with Crippen LogP contribution in [0.5, 0.6) is 0 Å². The molecule has 1 aromatic carbocycles. The van der Waals surface area contributed by atoms with Crippen LogP contribution in [-0.2, 0) is 0 Å². The Balaban J connectivity index is 2.21. The lowest BCUT2D eigenvalue weighted by Gasteiger charge is -2.16. The quantitative estimate of drug-likeness (QED) is 0.693. The third kappa shape index (κ3) is 2.60. The third-order valence-electron chi connectivity index (χ3n) is 2.58. The summed E-state index contributed by atoms with van der Waals surface area (Å²) in [6.07, 6.45) is 1.01. The summed E-state index contributed by atoms with van der Waals surface area (Å²) in [5.41, 5.74) is 0.672. The summed E-state index contributed by atoms with van der Waals surface area (Å²) in [5, 5.41) is 0.628. The number of carbonyl (C=O) groups is 1. The van der Waals surface area contributed by atoms with E-state index in [1.165, 1.54) is 0 Å². The normalized spacial score (nSPS) is 20.2. The molecule has 1 saturated heterocycles. The largest absolute Gasteiger partial charge is 0.337 e. The Kier molecular flexibility index (Phi) is 3.93. The van der Waals surface area contributed by atoms with Crippen LogP contribution in [0.25, 0.3) is 0 Å². The molecule has 0 saturated carbocycles. The molecule has 1 aliphatic rings. The van der Waals surface area contributed by atoms with Crippen molar-refractivity contribution in [2.24, 2.45) is 0 Å². The number of amides is 1. The Labute approximate surface area is 116 Å². The number of halogens is 3. The number of alkyl halides is 1. The summed E-state index contributed by atoms with van der Waals surface area (Å²) in [7, 11) is 0. The van der Waals surface area contributed by atoms with E-state index in [4.69, 9.17) is 11.6 Å². The fourth-order valence-electron chi connectivity index (χ4n) is 1.74. The van der Waals surface area contributed by atoms with Gasteiger partial charge in [0, 0.05) is 27.4 Å². The molecule has 0 bridgehead atoms. The van der Waals surface area contributed by atoms with E-state index in [0.717, 1.165) is 24.0 Å². The SMILES string of the molecule is O=C(c1ccc(Cl)cc1Br)N1CCC(Br)C1. The first-order valence-corrected chi connectivity index (χ1v) is 7.05. The number of hydrogen-bond donors (Lipinski definition) is 0. The monoisotopic (exact) mass is 365 g/mol. The summed E-state index contributed by atoms with van der Waals surface area (Å²) >= 11 is 12.7. The zero-order chi connectivity index (χ0) is 11.7. The third-order valence-corrected chi connectivity index (χ3v) is 4.22. The molecule has 86 valence electrons. The second-order valence-corrected chi connectivity index (χ2v) is 6.35. The lowest BCUT2D eigenvalue weighted by Crippen LogP contribution is -2.29. The van der Waals surface area contributed by atoms with Crippen molar-refractivity contribution in [1.82, 2.24) is 4.90 Å². The number of hydrogen-bond acceptors (Lipinski definition) is 1. The average Bonchev–Trinajstić information content (AvgIpc) is 2.64. The van der Waals surface area contributed by atoms with Crippen LogP contribution in [-0.4, -0.2) is 28.7 Å². The number of benzene rings is 1. The highest BCUT2D eigenvalue weighted by atomic mass is 79.9. The van der Waals surface area contributed by atoms with Gasteiger partial charge in [-0.2, -0.15) is 0 Å². The van der Waals surface area contributed by atoms with Gasteiger partial charge < -0.3 is 4.90 Å². The number of rotatable bonds is 1. The van der Waals surface area contributed by atoms with E-state index in [1.54, 1.807) is 18.2 Å². The van der Waals surface area contributed by atoms with E-state index >= 15 is 0 Å². The maximum Gasteiger partial charge on any atom is 0.255 e. The van der Waals surface area contributed by atoms with E-state index in [1.807, 2.05) is 4.90 Å². The van der Waals surface area contributed by atoms with E-state index in [9.17, 15) is 4.79 Å². The minimum atomic E-state index is 0.0606. The Morgan fingerprint density at radius 1 is 1.50 bits per heavy atom. The molecular weight excluding hydrogens is 357 g/mol. The van der Waals surface area contributed by atoms with E-state index in [-0.39, 0.29) is 5.91 Å². The van der Waals surface area contributed by atoms with Crippen molar-refractivity contribution in [2.75, 3.05) is 13.1 Å². The molecule has 0 N–H and O–H groups in total. The first-order chi connectivity index (χ1) is 7.58. The summed E-state index contributed by atoms with van der Waals surface area (Å²) in [6.45, 7) is 1.58. The fraction of sp³-hybridized carbons (Fsp3) is 0.364. The van der Waals surface area contributed by atoms with Crippen LogP contribution >= 0.6 is 43.5 Å². The maximum absolute atomic E-state index is 12.2. The Morgan fingerprint density at radius 3 is 2.81 bits per heavy atom. The highest BCUT2D eigenvalue weighted by molar-refractivity contribution is 9.10. The van der Waals surface area contributed by atoms with Crippen LogP contribution in [0.4, 0.5) is 0 Å². The molecule has 2 rings (SSSR count).